The minimum absolute atomic E-state index is 0.146. The van der Waals surface area contributed by atoms with Crippen LogP contribution in [0.25, 0.3) is 11.0 Å². The number of carboxylic acid groups (broad SMARTS) is 1. The summed E-state index contributed by atoms with van der Waals surface area (Å²) < 4.78 is 7.00. The van der Waals surface area contributed by atoms with Crippen LogP contribution in [0.1, 0.15) is 20.8 Å². The molecule has 0 bridgehead atoms. The Labute approximate surface area is 151 Å². The minimum Gasteiger partial charge on any atom is -0.480 e. The maximum atomic E-state index is 12.2. The highest BCUT2D eigenvalue weighted by Crippen LogP contribution is 2.25. The molecule has 1 aliphatic heterocycles. The summed E-state index contributed by atoms with van der Waals surface area (Å²) in [6.45, 7) is 7.71. The monoisotopic (exact) mass is 361 g/mol. The summed E-state index contributed by atoms with van der Waals surface area (Å²) in [5.41, 5.74) is 0.0760. The van der Waals surface area contributed by atoms with Gasteiger partial charge in [-0.25, -0.2) is 14.8 Å². The van der Waals surface area contributed by atoms with Crippen LogP contribution in [0.2, 0.25) is 0 Å². The van der Waals surface area contributed by atoms with E-state index in [1.807, 2.05) is 26.8 Å². The molecule has 0 spiro atoms. The average Bonchev–Trinajstić information content (AvgIpc) is 2.96. The SMILES string of the molecule is CC(C)(C)OC(=O)N1CCN(c2ncnc3c2ccn3CC(=O)O)CC1. The largest absolute Gasteiger partial charge is 0.480 e. The summed E-state index contributed by atoms with van der Waals surface area (Å²) in [5.74, 6) is -0.170. The smallest absolute Gasteiger partial charge is 0.410 e. The van der Waals surface area contributed by atoms with Crippen LogP contribution >= 0.6 is 0 Å². The molecule has 0 aliphatic carbocycles. The average molecular weight is 361 g/mol. The molecule has 1 aliphatic rings. The number of anilines is 1. The second-order valence-electron chi connectivity index (χ2n) is 7.23. The Hall–Kier alpha value is -2.84. The number of amides is 1. The van der Waals surface area contributed by atoms with Gasteiger partial charge in [-0.3, -0.25) is 4.79 Å². The third-order valence-electron chi connectivity index (χ3n) is 4.07. The Bertz CT molecular complexity index is 818. The van der Waals surface area contributed by atoms with Gasteiger partial charge in [-0.05, 0) is 26.8 Å². The van der Waals surface area contributed by atoms with E-state index in [1.165, 1.54) is 6.33 Å². The number of hydrogen-bond acceptors (Lipinski definition) is 6. The Morgan fingerprint density at radius 3 is 2.50 bits per heavy atom. The lowest BCUT2D eigenvalue weighted by Crippen LogP contribution is -2.50. The lowest BCUT2D eigenvalue weighted by molar-refractivity contribution is -0.137. The van der Waals surface area contributed by atoms with Gasteiger partial charge in [0.05, 0.1) is 5.39 Å². The van der Waals surface area contributed by atoms with E-state index < -0.39 is 11.6 Å². The Kier molecular flexibility index (Phi) is 4.71. The lowest BCUT2D eigenvalue weighted by Gasteiger charge is -2.36. The lowest BCUT2D eigenvalue weighted by atomic mass is 10.2. The van der Waals surface area contributed by atoms with Crippen LogP contribution in [0.3, 0.4) is 0 Å². The number of piperazine rings is 1. The van der Waals surface area contributed by atoms with E-state index in [0.29, 0.717) is 31.8 Å². The van der Waals surface area contributed by atoms with E-state index in [0.717, 1.165) is 11.2 Å². The van der Waals surface area contributed by atoms with Crippen LogP contribution in [0.15, 0.2) is 18.6 Å². The quantitative estimate of drug-likeness (QED) is 0.885. The molecule has 0 atom stereocenters. The topological polar surface area (TPSA) is 101 Å². The molecule has 2 aromatic rings. The number of carboxylic acids is 1. The van der Waals surface area contributed by atoms with Crippen molar-refractivity contribution in [3.05, 3.63) is 18.6 Å². The van der Waals surface area contributed by atoms with Crippen LogP contribution in [0, 0.1) is 0 Å². The maximum Gasteiger partial charge on any atom is 0.410 e. The zero-order chi connectivity index (χ0) is 18.9. The Balaban J connectivity index is 1.73. The highest BCUT2D eigenvalue weighted by Gasteiger charge is 2.27. The van der Waals surface area contributed by atoms with E-state index in [9.17, 15) is 9.59 Å². The van der Waals surface area contributed by atoms with Crippen molar-refractivity contribution in [3.8, 4) is 0 Å². The van der Waals surface area contributed by atoms with Gasteiger partial charge in [0.1, 0.15) is 29.9 Å². The molecule has 9 heteroatoms. The first kappa shape index (κ1) is 18.0. The maximum absolute atomic E-state index is 12.2. The summed E-state index contributed by atoms with van der Waals surface area (Å²) in [5, 5.41) is 9.81. The van der Waals surface area contributed by atoms with Crippen LogP contribution in [-0.2, 0) is 16.1 Å². The van der Waals surface area contributed by atoms with Crippen molar-refractivity contribution in [2.75, 3.05) is 31.1 Å². The first-order chi connectivity index (χ1) is 12.2. The van der Waals surface area contributed by atoms with Gasteiger partial charge in [-0.1, -0.05) is 0 Å². The molecule has 26 heavy (non-hydrogen) atoms. The van der Waals surface area contributed by atoms with Crippen molar-refractivity contribution in [3.63, 3.8) is 0 Å². The standard InChI is InChI=1S/C17H23N5O4/c1-17(2,3)26-16(25)21-8-6-20(7-9-21)14-12-4-5-22(10-13(23)24)15(12)19-11-18-14/h4-5,11H,6-10H2,1-3H3,(H,23,24). The number of carbonyl (C=O) groups excluding carboxylic acids is 1. The molecule has 9 nitrogen and oxygen atoms in total. The van der Waals surface area contributed by atoms with E-state index in [-0.39, 0.29) is 12.6 Å². The Morgan fingerprint density at radius 1 is 1.19 bits per heavy atom. The van der Waals surface area contributed by atoms with Crippen molar-refractivity contribution in [1.29, 1.82) is 0 Å². The molecule has 2 aromatic heterocycles. The van der Waals surface area contributed by atoms with E-state index in [4.69, 9.17) is 9.84 Å². The molecule has 1 saturated heterocycles. The molecule has 1 fully saturated rings. The van der Waals surface area contributed by atoms with Gasteiger partial charge in [0, 0.05) is 32.4 Å². The zero-order valence-corrected chi connectivity index (χ0v) is 15.2. The Morgan fingerprint density at radius 2 is 1.88 bits per heavy atom. The molecule has 1 N–H and O–H groups in total. The number of ether oxygens (including phenoxy) is 1. The van der Waals surface area contributed by atoms with E-state index in [2.05, 4.69) is 14.9 Å². The normalized spacial score (nSPS) is 15.3. The first-order valence-corrected chi connectivity index (χ1v) is 8.49. The van der Waals surface area contributed by atoms with E-state index in [1.54, 1.807) is 15.7 Å². The van der Waals surface area contributed by atoms with Crippen LogP contribution in [-0.4, -0.2) is 68.4 Å². The van der Waals surface area contributed by atoms with Crippen LogP contribution in [0.4, 0.5) is 10.6 Å². The molecular formula is C17H23N5O4. The minimum atomic E-state index is -0.923. The second-order valence-corrected chi connectivity index (χ2v) is 7.23. The van der Waals surface area contributed by atoms with Crippen molar-refractivity contribution in [2.24, 2.45) is 0 Å². The van der Waals surface area contributed by atoms with Crippen molar-refractivity contribution in [2.45, 2.75) is 32.9 Å². The molecule has 0 aromatic carbocycles. The summed E-state index contributed by atoms with van der Waals surface area (Å²) >= 11 is 0. The highest BCUT2D eigenvalue weighted by molar-refractivity contribution is 5.88. The van der Waals surface area contributed by atoms with Gasteiger partial charge in [0.25, 0.3) is 0 Å². The van der Waals surface area contributed by atoms with Gasteiger partial charge in [0.2, 0.25) is 0 Å². The summed E-state index contributed by atoms with van der Waals surface area (Å²) in [7, 11) is 0. The van der Waals surface area contributed by atoms with Gasteiger partial charge in [-0.15, -0.1) is 0 Å². The fourth-order valence-corrected chi connectivity index (χ4v) is 2.94. The number of nitrogens with zero attached hydrogens (tertiary/aromatic N) is 5. The number of carbonyl (C=O) groups is 2. The molecule has 1 amide bonds. The highest BCUT2D eigenvalue weighted by atomic mass is 16.6. The fourth-order valence-electron chi connectivity index (χ4n) is 2.94. The van der Waals surface area contributed by atoms with Gasteiger partial charge in [0.15, 0.2) is 0 Å². The molecule has 0 unspecified atom stereocenters. The van der Waals surface area contributed by atoms with Gasteiger partial charge in [-0.2, -0.15) is 0 Å². The molecule has 3 rings (SSSR count). The molecule has 140 valence electrons. The molecular weight excluding hydrogens is 338 g/mol. The van der Waals surface area contributed by atoms with Gasteiger partial charge < -0.3 is 24.2 Å². The number of hydrogen-bond donors (Lipinski definition) is 1. The third-order valence-corrected chi connectivity index (χ3v) is 4.07. The zero-order valence-electron chi connectivity index (χ0n) is 15.2. The number of rotatable bonds is 3. The fraction of sp³-hybridized carbons (Fsp3) is 0.529. The summed E-state index contributed by atoms with van der Waals surface area (Å²) in [4.78, 5) is 35.5. The van der Waals surface area contributed by atoms with Crippen LogP contribution in [0.5, 0.6) is 0 Å². The first-order valence-electron chi connectivity index (χ1n) is 8.49. The number of aromatic nitrogens is 3. The van der Waals surface area contributed by atoms with Crippen molar-refractivity contribution in [1.82, 2.24) is 19.4 Å². The second kappa shape index (κ2) is 6.81. The number of fused-ring (bicyclic) bond motifs is 1. The van der Waals surface area contributed by atoms with Crippen molar-refractivity contribution < 1.29 is 19.4 Å². The number of aliphatic carboxylic acids is 1. The van der Waals surface area contributed by atoms with Crippen LogP contribution < -0.4 is 4.90 Å². The van der Waals surface area contributed by atoms with E-state index >= 15 is 0 Å². The molecule has 0 radical (unpaired) electrons. The molecule has 0 saturated carbocycles. The summed E-state index contributed by atoms with van der Waals surface area (Å²) in [6, 6.07) is 1.83. The third kappa shape index (κ3) is 3.87. The molecule has 3 heterocycles. The summed E-state index contributed by atoms with van der Waals surface area (Å²) in [6.07, 6.45) is 2.84. The predicted molar refractivity (Wildman–Crippen MR) is 95.2 cm³/mol. The predicted octanol–water partition coefficient (Wildman–Crippen LogP) is 1.57. The van der Waals surface area contributed by atoms with Crippen molar-refractivity contribution >= 4 is 28.9 Å². The van der Waals surface area contributed by atoms with Gasteiger partial charge >= 0.3 is 12.1 Å².